The molecule has 0 aliphatic rings. The lowest BCUT2D eigenvalue weighted by Gasteiger charge is -2.00. The summed E-state index contributed by atoms with van der Waals surface area (Å²) in [5.41, 5.74) is 1.70. The number of nitrogens with one attached hydrogen (secondary N) is 1. The molecule has 0 fully saturated rings. The number of hydrogen-bond donors (Lipinski definition) is 1. The molecule has 0 spiro atoms. The van der Waals surface area contributed by atoms with Crippen LogP contribution in [0.1, 0.15) is 21.9 Å². The second-order valence-electron chi connectivity index (χ2n) is 4.51. The maximum atomic E-state index is 12.3. The molecule has 2 aromatic heterocycles. The Morgan fingerprint density at radius 2 is 1.95 bits per heavy atom. The minimum Gasteiger partial charge on any atom is -0.443 e. The van der Waals surface area contributed by atoms with Gasteiger partial charge in [-0.25, -0.2) is 4.98 Å². The Kier molecular flexibility index (Phi) is 3.27. The molecule has 0 radical (unpaired) electrons. The van der Waals surface area contributed by atoms with E-state index in [-0.39, 0.29) is 11.7 Å². The van der Waals surface area contributed by atoms with Crippen LogP contribution in [0, 0.1) is 13.8 Å². The number of aromatic nitrogens is 2. The molecule has 6 heteroatoms. The molecule has 1 N–H and O–H groups in total. The summed E-state index contributed by atoms with van der Waals surface area (Å²) in [7, 11) is 0. The summed E-state index contributed by atoms with van der Waals surface area (Å²) < 4.78 is 10.6. The Hall–Kier alpha value is -2.89. The number of aryl methyl sites for hydroxylation is 2. The normalized spacial score (nSPS) is 10.6. The first-order valence-corrected chi connectivity index (χ1v) is 6.39. The van der Waals surface area contributed by atoms with Gasteiger partial charge in [0.1, 0.15) is 5.76 Å². The Labute approximate surface area is 120 Å². The van der Waals surface area contributed by atoms with Gasteiger partial charge in [-0.3, -0.25) is 10.1 Å². The van der Waals surface area contributed by atoms with E-state index in [4.69, 9.17) is 8.83 Å². The Morgan fingerprint density at radius 1 is 1.19 bits per heavy atom. The van der Waals surface area contributed by atoms with Gasteiger partial charge in [0, 0.05) is 5.56 Å². The van der Waals surface area contributed by atoms with Gasteiger partial charge in [0.05, 0.1) is 5.69 Å². The third-order valence-corrected chi connectivity index (χ3v) is 3.07. The summed E-state index contributed by atoms with van der Waals surface area (Å²) >= 11 is 0. The van der Waals surface area contributed by atoms with Crippen LogP contribution < -0.4 is 5.32 Å². The average Bonchev–Trinajstić information content (AvgIpc) is 3.07. The smallest absolute Gasteiger partial charge is 0.302 e. The first-order chi connectivity index (χ1) is 10.1. The van der Waals surface area contributed by atoms with Crippen LogP contribution >= 0.6 is 0 Å². The maximum absolute atomic E-state index is 12.3. The molecule has 21 heavy (non-hydrogen) atoms. The fourth-order valence-electron chi connectivity index (χ4n) is 1.88. The molecule has 3 aromatic rings. The Balaban J connectivity index is 1.88. The largest absolute Gasteiger partial charge is 0.443 e. The first-order valence-electron chi connectivity index (χ1n) is 6.39. The van der Waals surface area contributed by atoms with Gasteiger partial charge >= 0.3 is 6.01 Å². The van der Waals surface area contributed by atoms with Crippen LogP contribution in [0.3, 0.4) is 0 Å². The fourth-order valence-corrected chi connectivity index (χ4v) is 1.88. The molecule has 0 aliphatic heterocycles. The zero-order valence-corrected chi connectivity index (χ0v) is 11.6. The number of carbonyl (C=O) groups excluding carboxylic acids is 1. The number of anilines is 1. The van der Waals surface area contributed by atoms with E-state index in [9.17, 15) is 4.79 Å². The lowest BCUT2D eigenvalue weighted by molar-refractivity contribution is 0.102. The summed E-state index contributed by atoms with van der Waals surface area (Å²) in [6.07, 6.45) is 1.24. The molecule has 0 saturated heterocycles. The minimum absolute atomic E-state index is 0.150. The van der Waals surface area contributed by atoms with Gasteiger partial charge in [0.15, 0.2) is 17.8 Å². The summed E-state index contributed by atoms with van der Waals surface area (Å²) in [5, 5.41) is 2.58. The highest BCUT2D eigenvalue weighted by Crippen LogP contribution is 2.23. The summed E-state index contributed by atoms with van der Waals surface area (Å²) in [6.45, 7) is 3.59. The van der Waals surface area contributed by atoms with Crippen LogP contribution in [0.2, 0.25) is 0 Å². The molecular weight excluding hydrogens is 270 g/mol. The molecule has 2 heterocycles. The fraction of sp³-hybridized carbons (Fsp3) is 0.133. The van der Waals surface area contributed by atoms with E-state index in [0.29, 0.717) is 11.5 Å². The van der Waals surface area contributed by atoms with Crippen LogP contribution in [0.15, 0.2) is 45.6 Å². The van der Waals surface area contributed by atoms with Crippen molar-refractivity contribution in [1.82, 2.24) is 9.97 Å². The van der Waals surface area contributed by atoms with Crippen molar-refractivity contribution in [3.05, 3.63) is 53.9 Å². The predicted octanol–water partition coefficient (Wildman–Crippen LogP) is 3.20. The second kappa shape index (κ2) is 5.24. The van der Waals surface area contributed by atoms with Crippen molar-refractivity contribution in [3.8, 4) is 11.3 Å². The van der Waals surface area contributed by atoms with Gasteiger partial charge in [-0.2, -0.15) is 4.98 Å². The molecule has 3 rings (SSSR count). The zero-order chi connectivity index (χ0) is 14.8. The average molecular weight is 283 g/mol. The molecule has 0 bridgehead atoms. The zero-order valence-electron chi connectivity index (χ0n) is 11.6. The van der Waals surface area contributed by atoms with Crippen molar-refractivity contribution < 1.29 is 13.6 Å². The van der Waals surface area contributed by atoms with Gasteiger partial charge in [-0.1, -0.05) is 30.3 Å². The molecular formula is C15H13N3O3. The molecule has 1 aromatic carbocycles. The molecule has 0 atom stereocenters. The van der Waals surface area contributed by atoms with Gasteiger partial charge in [-0.05, 0) is 13.8 Å². The van der Waals surface area contributed by atoms with Crippen molar-refractivity contribution >= 4 is 11.9 Å². The topological polar surface area (TPSA) is 81.2 Å². The van der Waals surface area contributed by atoms with E-state index in [1.165, 1.54) is 6.39 Å². The van der Waals surface area contributed by atoms with Crippen LogP contribution in [0.4, 0.5) is 6.01 Å². The highest BCUT2D eigenvalue weighted by atomic mass is 16.4. The number of benzene rings is 1. The lowest BCUT2D eigenvalue weighted by atomic mass is 10.1. The third kappa shape index (κ3) is 2.55. The van der Waals surface area contributed by atoms with E-state index in [2.05, 4.69) is 15.3 Å². The summed E-state index contributed by atoms with van der Waals surface area (Å²) in [6, 6.07) is 9.45. The lowest BCUT2D eigenvalue weighted by Crippen LogP contribution is -2.13. The van der Waals surface area contributed by atoms with Crippen LogP contribution in [-0.2, 0) is 0 Å². The van der Waals surface area contributed by atoms with Crippen molar-refractivity contribution in [1.29, 1.82) is 0 Å². The minimum atomic E-state index is -0.427. The molecule has 6 nitrogen and oxygen atoms in total. The molecule has 0 saturated carbocycles. The summed E-state index contributed by atoms with van der Waals surface area (Å²) in [4.78, 5) is 20.3. The van der Waals surface area contributed by atoms with Crippen LogP contribution in [0.25, 0.3) is 11.3 Å². The number of amides is 1. The quantitative estimate of drug-likeness (QED) is 0.798. The third-order valence-electron chi connectivity index (χ3n) is 3.07. The van der Waals surface area contributed by atoms with E-state index >= 15 is 0 Å². The summed E-state index contributed by atoms with van der Waals surface area (Å²) in [5.74, 6) is 0.644. The van der Waals surface area contributed by atoms with Gasteiger partial charge < -0.3 is 8.83 Å². The molecule has 106 valence electrons. The van der Waals surface area contributed by atoms with Crippen molar-refractivity contribution in [2.75, 3.05) is 5.32 Å². The monoisotopic (exact) mass is 283 g/mol. The van der Waals surface area contributed by atoms with Crippen LogP contribution in [-0.4, -0.2) is 15.9 Å². The van der Waals surface area contributed by atoms with Crippen molar-refractivity contribution in [2.45, 2.75) is 13.8 Å². The number of oxazole rings is 2. The highest BCUT2D eigenvalue weighted by Gasteiger charge is 2.20. The van der Waals surface area contributed by atoms with Gasteiger partial charge in [-0.15, -0.1) is 0 Å². The van der Waals surface area contributed by atoms with Crippen molar-refractivity contribution in [2.24, 2.45) is 0 Å². The number of nitrogens with zero attached hydrogens (tertiary/aromatic N) is 2. The van der Waals surface area contributed by atoms with E-state index in [1.54, 1.807) is 13.8 Å². The second-order valence-corrected chi connectivity index (χ2v) is 4.51. The molecule has 1 amide bonds. The van der Waals surface area contributed by atoms with Gasteiger partial charge in [0.25, 0.3) is 5.91 Å². The number of hydrogen-bond acceptors (Lipinski definition) is 5. The molecule has 0 unspecified atom stereocenters. The standard InChI is InChI=1S/C15H13N3O3/c1-9-10(2)21-15(17-9)18-14(19)12-13(20-8-16-12)11-6-4-3-5-7-11/h3-8H,1-2H3,(H,17,18,19). The van der Waals surface area contributed by atoms with Crippen molar-refractivity contribution in [3.63, 3.8) is 0 Å². The maximum Gasteiger partial charge on any atom is 0.302 e. The molecule has 0 aliphatic carbocycles. The van der Waals surface area contributed by atoms with E-state index in [0.717, 1.165) is 11.3 Å². The van der Waals surface area contributed by atoms with E-state index < -0.39 is 5.91 Å². The number of rotatable bonds is 3. The number of carbonyl (C=O) groups is 1. The predicted molar refractivity (Wildman–Crippen MR) is 75.9 cm³/mol. The van der Waals surface area contributed by atoms with Crippen LogP contribution in [0.5, 0.6) is 0 Å². The SMILES string of the molecule is Cc1nc(NC(=O)c2ncoc2-c2ccccc2)oc1C. The Morgan fingerprint density at radius 3 is 2.62 bits per heavy atom. The first kappa shape index (κ1) is 13.1. The van der Waals surface area contributed by atoms with E-state index in [1.807, 2.05) is 30.3 Å². The highest BCUT2D eigenvalue weighted by molar-refractivity contribution is 6.05. The van der Waals surface area contributed by atoms with Gasteiger partial charge in [0.2, 0.25) is 0 Å². The Bertz CT molecular complexity index is 755.